The molecule has 0 saturated carbocycles. The largest absolute Gasteiger partial charge is 0.454 e. The van der Waals surface area contributed by atoms with Gasteiger partial charge in [0, 0.05) is 48.9 Å². The summed E-state index contributed by atoms with van der Waals surface area (Å²) >= 11 is 0. The minimum absolute atomic E-state index is 0.246. The molecule has 30 heavy (non-hydrogen) atoms. The molecule has 0 fully saturated rings. The molecule has 2 aliphatic heterocycles. The third kappa shape index (κ3) is 3.59. The summed E-state index contributed by atoms with van der Waals surface area (Å²) in [4.78, 5) is 11.3. The lowest BCUT2D eigenvalue weighted by atomic mass is 10.0. The minimum Gasteiger partial charge on any atom is -0.454 e. The normalized spacial score (nSPS) is 15.8. The molecule has 0 aliphatic carbocycles. The summed E-state index contributed by atoms with van der Waals surface area (Å²) in [5.74, 6) is 2.02. The quantitative estimate of drug-likeness (QED) is 0.635. The number of benzene rings is 2. The number of hydrogen-bond donors (Lipinski definition) is 0. The standard InChI is InChI=1S/C22H18F3N3O2/c23-22(24,25)17-6-4-14(5-7-17)21-26-10-16-12-28(9-8-18(16)27-21)11-15-2-1-3-19-20(15)30-13-29-19/h1-7,10H,8-9,11-13H2. The van der Waals surface area contributed by atoms with E-state index in [1.165, 1.54) is 12.1 Å². The van der Waals surface area contributed by atoms with Gasteiger partial charge in [0.15, 0.2) is 17.3 Å². The van der Waals surface area contributed by atoms with E-state index in [1.807, 2.05) is 18.2 Å². The van der Waals surface area contributed by atoms with Crippen molar-refractivity contribution in [3.8, 4) is 22.9 Å². The van der Waals surface area contributed by atoms with E-state index in [9.17, 15) is 13.2 Å². The van der Waals surface area contributed by atoms with Crippen molar-refractivity contribution in [3.05, 3.63) is 71.0 Å². The van der Waals surface area contributed by atoms with Crippen molar-refractivity contribution in [2.75, 3.05) is 13.3 Å². The first-order valence-corrected chi connectivity index (χ1v) is 9.59. The summed E-state index contributed by atoms with van der Waals surface area (Å²) in [7, 11) is 0. The van der Waals surface area contributed by atoms with E-state index in [2.05, 4.69) is 14.9 Å². The van der Waals surface area contributed by atoms with Gasteiger partial charge in [-0.2, -0.15) is 13.2 Å². The maximum Gasteiger partial charge on any atom is 0.416 e. The first-order chi connectivity index (χ1) is 14.5. The van der Waals surface area contributed by atoms with Gasteiger partial charge in [-0.05, 0) is 18.2 Å². The van der Waals surface area contributed by atoms with Gasteiger partial charge in [-0.1, -0.05) is 24.3 Å². The summed E-state index contributed by atoms with van der Waals surface area (Å²) < 4.78 is 49.3. The molecule has 3 heterocycles. The number of fused-ring (bicyclic) bond motifs is 2. The number of alkyl halides is 3. The number of para-hydroxylation sites is 1. The van der Waals surface area contributed by atoms with Crippen LogP contribution in [0.15, 0.2) is 48.7 Å². The number of hydrogen-bond acceptors (Lipinski definition) is 5. The Morgan fingerprint density at radius 3 is 2.67 bits per heavy atom. The highest BCUT2D eigenvalue weighted by atomic mass is 19.4. The Balaban J connectivity index is 1.32. The van der Waals surface area contributed by atoms with Crippen LogP contribution in [0.2, 0.25) is 0 Å². The third-order valence-corrected chi connectivity index (χ3v) is 5.36. The SMILES string of the molecule is FC(F)(F)c1ccc(-c2ncc3c(n2)CCN(Cc2cccc4c2OCO4)C3)cc1. The van der Waals surface area contributed by atoms with Crippen LogP contribution in [0.3, 0.4) is 0 Å². The molecule has 0 saturated heterocycles. The fraction of sp³-hybridized carbons (Fsp3) is 0.273. The predicted molar refractivity (Wildman–Crippen MR) is 103 cm³/mol. The monoisotopic (exact) mass is 413 g/mol. The molecular formula is C22H18F3N3O2. The second-order valence-electron chi connectivity index (χ2n) is 7.35. The molecule has 0 unspecified atom stereocenters. The fourth-order valence-electron chi connectivity index (χ4n) is 3.81. The number of halogens is 3. The summed E-state index contributed by atoms with van der Waals surface area (Å²) in [6, 6.07) is 10.8. The Morgan fingerprint density at radius 1 is 1.03 bits per heavy atom. The van der Waals surface area contributed by atoms with E-state index >= 15 is 0 Å². The molecule has 0 amide bonds. The molecule has 5 rings (SSSR count). The molecule has 0 radical (unpaired) electrons. The summed E-state index contributed by atoms with van der Waals surface area (Å²) in [6.45, 7) is 2.50. The number of nitrogens with zero attached hydrogens (tertiary/aromatic N) is 3. The van der Waals surface area contributed by atoms with Crippen molar-refractivity contribution in [1.82, 2.24) is 14.9 Å². The molecule has 0 spiro atoms. The van der Waals surface area contributed by atoms with Gasteiger partial charge < -0.3 is 9.47 Å². The molecule has 2 aliphatic rings. The predicted octanol–water partition coefficient (Wildman–Crippen LogP) is 4.45. The van der Waals surface area contributed by atoms with E-state index < -0.39 is 11.7 Å². The molecule has 154 valence electrons. The van der Waals surface area contributed by atoms with Crippen molar-refractivity contribution < 1.29 is 22.6 Å². The third-order valence-electron chi connectivity index (χ3n) is 5.36. The number of ether oxygens (including phenoxy) is 2. The maximum atomic E-state index is 12.8. The van der Waals surface area contributed by atoms with Crippen LogP contribution in [0, 0.1) is 0 Å². The molecule has 3 aromatic rings. The van der Waals surface area contributed by atoms with E-state index in [4.69, 9.17) is 9.47 Å². The first-order valence-electron chi connectivity index (χ1n) is 9.59. The van der Waals surface area contributed by atoms with Crippen LogP contribution in [0.4, 0.5) is 13.2 Å². The molecule has 8 heteroatoms. The van der Waals surface area contributed by atoms with Crippen molar-refractivity contribution in [2.24, 2.45) is 0 Å². The second-order valence-corrected chi connectivity index (χ2v) is 7.35. The van der Waals surface area contributed by atoms with Gasteiger partial charge >= 0.3 is 6.18 Å². The zero-order valence-electron chi connectivity index (χ0n) is 15.9. The topological polar surface area (TPSA) is 47.5 Å². The summed E-state index contributed by atoms with van der Waals surface area (Å²) in [5.41, 5.74) is 2.94. The van der Waals surface area contributed by atoms with Gasteiger partial charge in [0.1, 0.15) is 0 Å². The lowest BCUT2D eigenvalue weighted by Crippen LogP contribution is -2.31. The lowest BCUT2D eigenvalue weighted by molar-refractivity contribution is -0.137. The Kier molecular flexibility index (Phi) is 4.58. The average molecular weight is 413 g/mol. The molecule has 5 nitrogen and oxygen atoms in total. The van der Waals surface area contributed by atoms with Crippen LogP contribution in [0.25, 0.3) is 11.4 Å². The highest BCUT2D eigenvalue weighted by Gasteiger charge is 2.30. The van der Waals surface area contributed by atoms with E-state index in [0.717, 1.165) is 60.0 Å². The maximum absolute atomic E-state index is 12.8. The van der Waals surface area contributed by atoms with Gasteiger partial charge in [0.05, 0.1) is 11.3 Å². The lowest BCUT2D eigenvalue weighted by Gasteiger charge is -2.28. The zero-order chi connectivity index (χ0) is 20.7. The zero-order valence-corrected chi connectivity index (χ0v) is 15.9. The van der Waals surface area contributed by atoms with Gasteiger partial charge in [-0.25, -0.2) is 9.97 Å². The van der Waals surface area contributed by atoms with Crippen LogP contribution < -0.4 is 9.47 Å². The van der Waals surface area contributed by atoms with Crippen molar-refractivity contribution in [3.63, 3.8) is 0 Å². The molecule has 0 N–H and O–H groups in total. The molecule has 0 bridgehead atoms. The van der Waals surface area contributed by atoms with Crippen LogP contribution in [-0.2, 0) is 25.7 Å². The van der Waals surface area contributed by atoms with Crippen molar-refractivity contribution in [1.29, 1.82) is 0 Å². The molecule has 0 atom stereocenters. The van der Waals surface area contributed by atoms with E-state index in [1.54, 1.807) is 6.20 Å². The highest BCUT2D eigenvalue weighted by molar-refractivity contribution is 5.56. The van der Waals surface area contributed by atoms with E-state index in [-0.39, 0.29) is 6.79 Å². The molecule has 1 aromatic heterocycles. The second kappa shape index (κ2) is 7.28. The van der Waals surface area contributed by atoms with Crippen LogP contribution in [-0.4, -0.2) is 28.2 Å². The Bertz CT molecular complexity index is 1080. The van der Waals surface area contributed by atoms with Gasteiger partial charge in [0.25, 0.3) is 0 Å². The number of aromatic nitrogens is 2. The molecular weight excluding hydrogens is 395 g/mol. The summed E-state index contributed by atoms with van der Waals surface area (Å²) in [6.07, 6.45) is -1.83. The highest BCUT2D eigenvalue weighted by Crippen LogP contribution is 2.36. The van der Waals surface area contributed by atoms with Crippen LogP contribution >= 0.6 is 0 Å². The van der Waals surface area contributed by atoms with Crippen molar-refractivity contribution >= 4 is 0 Å². The van der Waals surface area contributed by atoms with Crippen molar-refractivity contribution in [2.45, 2.75) is 25.7 Å². The summed E-state index contributed by atoms with van der Waals surface area (Å²) in [5, 5.41) is 0. The Hall–Kier alpha value is -3.13. The minimum atomic E-state index is -4.35. The first kappa shape index (κ1) is 18.9. The smallest absolute Gasteiger partial charge is 0.416 e. The van der Waals surface area contributed by atoms with Crippen LogP contribution in [0.1, 0.15) is 22.4 Å². The Labute approximate surface area is 171 Å². The van der Waals surface area contributed by atoms with E-state index in [0.29, 0.717) is 17.9 Å². The van der Waals surface area contributed by atoms with Gasteiger partial charge in [-0.15, -0.1) is 0 Å². The number of rotatable bonds is 3. The van der Waals surface area contributed by atoms with Gasteiger partial charge in [-0.3, -0.25) is 4.90 Å². The Morgan fingerprint density at radius 2 is 1.87 bits per heavy atom. The van der Waals surface area contributed by atoms with Gasteiger partial charge in [0.2, 0.25) is 6.79 Å². The average Bonchev–Trinajstić information content (AvgIpc) is 3.23. The molecule has 2 aromatic carbocycles. The fourth-order valence-corrected chi connectivity index (χ4v) is 3.81. The van der Waals surface area contributed by atoms with Crippen LogP contribution in [0.5, 0.6) is 11.5 Å².